The molecule has 1 fully saturated rings. The number of hydrogen-bond acceptors (Lipinski definition) is 9. The number of piperidine rings is 1. The summed E-state index contributed by atoms with van der Waals surface area (Å²) in [5, 5.41) is 6.40. The minimum absolute atomic E-state index is 0.0963. The molecular weight excluding hydrogens is 476 g/mol. The van der Waals surface area contributed by atoms with Crippen molar-refractivity contribution in [2.45, 2.75) is 48.7 Å². The van der Waals surface area contributed by atoms with E-state index < -0.39 is 9.84 Å². The van der Waals surface area contributed by atoms with E-state index in [4.69, 9.17) is 9.47 Å². The molecule has 9 nitrogen and oxygen atoms in total. The highest BCUT2D eigenvalue weighted by atomic mass is 32.2. The van der Waals surface area contributed by atoms with E-state index >= 15 is 0 Å². The second kappa shape index (κ2) is 10.4. The minimum atomic E-state index is -3.67. The standard InChI is InChI=1S/C23H26N4O5S2/c1-16(2)31-23(28)27-10-8-17(9-11-27)32-22-12-21(24-15-25-22)26-19-13-33-14-20(19)34(29,30)18-6-4-3-5-7-18/h3-7,12-17H,8-11H2,1-2H3,(H,24,25,26). The fourth-order valence-corrected chi connectivity index (χ4v) is 6.08. The van der Waals surface area contributed by atoms with Gasteiger partial charge in [-0.25, -0.2) is 23.2 Å². The average Bonchev–Trinajstić information content (AvgIpc) is 3.29. The fourth-order valence-electron chi connectivity index (χ4n) is 3.52. The fraction of sp³-hybridized carbons (Fsp3) is 0.348. The highest BCUT2D eigenvalue weighted by Crippen LogP contribution is 2.33. The maximum absolute atomic E-state index is 13.0. The van der Waals surface area contributed by atoms with E-state index in [-0.39, 0.29) is 28.1 Å². The number of amides is 1. The van der Waals surface area contributed by atoms with E-state index in [0.29, 0.717) is 43.3 Å². The van der Waals surface area contributed by atoms with Crippen molar-refractivity contribution in [2.75, 3.05) is 18.4 Å². The zero-order valence-electron chi connectivity index (χ0n) is 18.9. The number of nitrogens with one attached hydrogen (secondary N) is 1. The molecule has 1 aliphatic rings. The van der Waals surface area contributed by atoms with Crippen molar-refractivity contribution in [1.29, 1.82) is 0 Å². The van der Waals surface area contributed by atoms with Gasteiger partial charge in [0.2, 0.25) is 15.7 Å². The molecule has 34 heavy (non-hydrogen) atoms. The number of rotatable bonds is 7. The summed E-state index contributed by atoms with van der Waals surface area (Å²) in [5.41, 5.74) is 0.440. The second-order valence-electron chi connectivity index (χ2n) is 8.07. The van der Waals surface area contributed by atoms with E-state index in [1.54, 1.807) is 52.1 Å². The van der Waals surface area contributed by atoms with Gasteiger partial charge in [0.1, 0.15) is 23.1 Å². The number of ether oxygens (including phenoxy) is 2. The van der Waals surface area contributed by atoms with Crippen LogP contribution in [-0.2, 0) is 14.6 Å². The Bertz CT molecular complexity index is 1220. The summed E-state index contributed by atoms with van der Waals surface area (Å²) in [6, 6.07) is 9.93. The van der Waals surface area contributed by atoms with Crippen LogP contribution in [0.5, 0.6) is 5.88 Å². The summed E-state index contributed by atoms with van der Waals surface area (Å²) in [7, 11) is -3.67. The summed E-state index contributed by atoms with van der Waals surface area (Å²) < 4.78 is 37.3. The molecule has 1 saturated heterocycles. The van der Waals surface area contributed by atoms with Gasteiger partial charge in [-0.05, 0) is 26.0 Å². The predicted molar refractivity (Wildman–Crippen MR) is 128 cm³/mol. The number of anilines is 2. The number of carbonyl (C=O) groups excluding carboxylic acids is 1. The molecule has 0 aliphatic carbocycles. The molecule has 3 heterocycles. The van der Waals surface area contributed by atoms with E-state index in [1.165, 1.54) is 17.7 Å². The first kappa shape index (κ1) is 24.0. The Morgan fingerprint density at radius 2 is 1.88 bits per heavy atom. The molecule has 4 rings (SSSR count). The van der Waals surface area contributed by atoms with Crippen LogP contribution < -0.4 is 10.1 Å². The van der Waals surface area contributed by atoms with Crippen molar-refractivity contribution in [3.05, 3.63) is 53.5 Å². The monoisotopic (exact) mass is 502 g/mol. The van der Waals surface area contributed by atoms with E-state index in [2.05, 4.69) is 15.3 Å². The van der Waals surface area contributed by atoms with Crippen LogP contribution in [0.4, 0.5) is 16.3 Å². The maximum atomic E-state index is 13.0. The van der Waals surface area contributed by atoms with E-state index in [9.17, 15) is 13.2 Å². The molecule has 1 aliphatic heterocycles. The third-order valence-corrected chi connectivity index (χ3v) is 7.90. The molecule has 180 valence electrons. The molecule has 1 N–H and O–H groups in total. The molecule has 1 aromatic carbocycles. The number of nitrogens with zero attached hydrogens (tertiary/aromatic N) is 3. The maximum Gasteiger partial charge on any atom is 0.410 e. The van der Waals surface area contributed by atoms with Crippen LogP contribution in [-0.4, -0.2) is 54.7 Å². The Labute approximate surface area is 202 Å². The molecule has 2 aromatic heterocycles. The van der Waals surface area contributed by atoms with Gasteiger partial charge in [0.05, 0.1) is 16.7 Å². The predicted octanol–water partition coefficient (Wildman–Crippen LogP) is 4.50. The zero-order valence-corrected chi connectivity index (χ0v) is 20.5. The quantitative estimate of drug-likeness (QED) is 0.503. The smallest absolute Gasteiger partial charge is 0.410 e. The Hall–Kier alpha value is -3.18. The molecule has 0 atom stereocenters. The van der Waals surface area contributed by atoms with Gasteiger partial charge in [-0.2, -0.15) is 0 Å². The Morgan fingerprint density at radius 1 is 1.15 bits per heavy atom. The van der Waals surface area contributed by atoms with Crippen molar-refractivity contribution >= 4 is 38.8 Å². The SMILES string of the molecule is CC(C)OC(=O)N1CCC(Oc2cc(Nc3cscc3S(=O)(=O)c3ccccc3)ncn2)CC1. The number of likely N-dealkylation sites (tertiary alicyclic amines) is 1. The number of carbonyl (C=O) groups is 1. The molecule has 3 aromatic rings. The summed E-state index contributed by atoms with van der Waals surface area (Å²) in [4.78, 5) is 22.5. The van der Waals surface area contributed by atoms with Crippen LogP contribution in [0.2, 0.25) is 0 Å². The second-order valence-corrected chi connectivity index (χ2v) is 10.7. The van der Waals surface area contributed by atoms with Gasteiger partial charge < -0.3 is 19.7 Å². The van der Waals surface area contributed by atoms with Gasteiger partial charge in [0.25, 0.3) is 0 Å². The summed E-state index contributed by atoms with van der Waals surface area (Å²) in [5.74, 6) is 0.800. The van der Waals surface area contributed by atoms with Crippen LogP contribution in [0, 0.1) is 0 Å². The molecular formula is C23H26N4O5S2. The largest absolute Gasteiger partial charge is 0.474 e. The zero-order chi connectivity index (χ0) is 24.1. The van der Waals surface area contributed by atoms with Crippen LogP contribution in [0.15, 0.2) is 63.3 Å². The van der Waals surface area contributed by atoms with E-state index in [0.717, 1.165) is 0 Å². The van der Waals surface area contributed by atoms with Gasteiger partial charge in [-0.15, -0.1) is 11.3 Å². The minimum Gasteiger partial charge on any atom is -0.474 e. The number of thiophene rings is 1. The third kappa shape index (κ3) is 5.65. The number of benzene rings is 1. The third-order valence-electron chi connectivity index (χ3n) is 5.20. The van der Waals surface area contributed by atoms with Crippen molar-refractivity contribution in [1.82, 2.24) is 14.9 Å². The lowest BCUT2D eigenvalue weighted by molar-refractivity contribution is 0.0507. The number of hydrogen-bond donors (Lipinski definition) is 1. The molecule has 0 radical (unpaired) electrons. The van der Waals surface area contributed by atoms with Gasteiger partial charge in [0, 0.05) is 42.8 Å². The molecule has 11 heteroatoms. The van der Waals surface area contributed by atoms with Crippen LogP contribution in [0.1, 0.15) is 26.7 Å². The van der Waals surface area contributed by atoms with Crippen LogP contribution in [0.3, 0.4) is 0 Å². The lowest BCUT2D eigenvalue weighted by atomic mass is 10.1. The first-order valence-corrected chi connectivity index (χ1v) is 13.3. The Morgan fingerprint density at radius 3 is 2.59 bits per heavy atom. The summed E-state index contributed by atoms with van der Waals surface area (Å²) in [6.45, 7) is 4.74. The van der Waals surface area contributed by atoms with Crippen molar-refractivity contribution in [3.63, 3.8) is 0 Å². The highest BCUT2D eigenvalue weighted by molar-refractivity contribution is 7.91. The first-order valence-electron chi connectivity index (χ1n) is 10.9. The van der Waals surface area contributed by atoms with Gasteiger partial charge in [0.15, 0.2) is 0 Å². The number of sulfone groups is 1. The Kier molecular flexibility index (Phi) is 7.32. The lowest BCUT2D eigenvalue weighted by Crippen LogP contribution is -2.42. The molecule has 0 bridgehead atoms. The van der Waals surface area contributed by atoms with Crippen molar-refractivity contribution in [3.8, 4) is 5.88 Å². The van der Waals surface area contributed by atoms with Gasteiger partial charge in [-0.1, -0.05) is 18.2 Å². The van der Waals surface area contributed by atoms with Crippen LogP contribution in [0.25, 0.3) is 0 Å². The average molecular weight is 503 g/mol. The van der Waals surface area contributed by atoms with Gasteiger partial charge >= 0.3 is 6.09 Å². The normalized spacial score (nSPS) is 14.7. The summed E-state index contributed by atoms with van der Waals surface area (Å²) in [6.07, 6.45) is 2.12. The Balaban J connectivity index is 1.40. The van der Waals surface area contributed by atoms with E-state index in [1.807, 2.05) is 13.8 Å². The molecule has 1 amide bonds. The van der Waals surface area contributed by atoms with Gasteiger partial charge in [-0.3, -0.25) is 0 Å². The first-order chi connectivity index (χ1) is 16.3. The van der Waals surface area contributed by atoms with Crippen molar-refractivity contribution in [2.24, 2.45) is 0 Å². The topological polar surface area (TPSA) is 111 Å². The highest BCUT2D eigenvalue weighted by Gasteiger charge is 2.26. The van der Waals surface area contributed by atoms with Crippen LogP contribution >= 0.6 is 11.3 Å². The molecule has 0 spiro atoms. The molecule has 0 unspecified atom stereocenters. The molecule has 0 saturated carbocycles. The summed E-state index contributed by atoms with van der Waals surface area (Å²) >= 11 is 1.29. The number of aromatic nitrogens is 2. The van der Waals surface area contributed by atoms with Crippen molar-refractivity contribution < 1.29 is 22.7 Å². The lowest BCUT2D eigenvalue weighted by Gasteiger charge is -2.31.